The molecule has 1 saturated heterocycles. The highest BCUT2D eigenvalue weighted by Crippen LogP contribution is 2.38. The number of alkyl halides is 3. The first kappa shape index (κ1) is 25.0. The Hall–Kier alpha value is -1.60. The Morgan fingerprint density at radius 2 is 1.66 bits per heavy atom. The van der Waals surface area contributed by atoms with Crippen LogP contribution in [0, 0.1) is 0 Å². The third-order valence-electron chi connectivity index (χ3n) is 7.53. The number of benzene rings is 1. The van der Waals surface area contributed by atoms with Crippen LogP contribution in [0.3, 0.4) is 0 Å². The second-order valence-corrected chi connectivity index (χ2v) is 9.68. The van der Waals surface area contributed by atoms with E-state index in [0.29, 0.717) is 11.6 Å². The van der Waals surface area contributed by atoms with Gasteiger partial charge in [-0.1, -0.05) is 38.3 Å². The fourth-order valence-electron chi connectivity index (χ4n) is 5.15. The van der Waals surface area contributed by atoms with Crippen LogP contribution in [0.4, 0.5) is 13.2 Å². The van der Waals surface area contributed by atoms with Crippen LogP contribution in [0.5, 0.6) is 0 Å². The average Bonchev–Trinajstić information content (AvgIpc) is 2.79. The van der Waals surface area contributed by atoms with Crippen molar-refractivity contribution in [3.8, 4) is 0 Å². The highest BCUT2D eigenvalue weighted by molar-refractivity contribution is 5.94. The lowest BCUT2D eigenvalue weighted by atomic mass is 9.91. The highest BCUT2D eigenvalue weighted by atomic mass is 19.4. The number of nitrogens with zero attached hydrogens (tertiary/aromatic N) is 2. The first-order valence-corrected chi connectivity index (χ1v) is 12.0. The maximum Gasteiger partial charge on any atom is 0.421 e. The summed E-state index contributed by atoms with van der Waals surface area (Å²) in [4.78, 5) is 17.9. The van der Waals surface area contributed by atoms with Crippen molar-refractivity contribution in [2.45, 2.75) is 102 Å². The maximum atomic E-state index is 13.4. The van der Waals surface area contributed by atoms with Crippen molar-refractivity contribution in [2.24, 2.45) is 0 Å². The summed E-state index contributed by atoms with van der Waals surface area (Å²) < 4.78 is 39.4. The molecule has 1 aliphatic carbocycles. The number of piperidine rings is 1. The number of rotatable bonds is 6. The molecule has 1 aromatic carbocycles. The number of carbonyl (C=O) groups excluding carboxylic acids is 1. The monoisotopic (exact) mass is 454 g/mol. The molecule has 2 fully saturated rings. The van der Waals surface area contributed by atoms with Crippen LogP contribution in [-0.2, 0) is 5.60 Å². The largest absolute Gasteiger partial charge is 0.421 e. The molecule has 1 heterocycles. The lowest BCUT2D eigenvalue weighted by Gasteiger charge is -2.44. The minimum Gasteiger partial charge on any atom is -0.376 e. The summed E-state index contributed by atoms with van der Waals surface area (Å²) in [6.07, 6.45) is 4.36. The Labute approximate surface area is 189 Å². The van der Waals surface area contributed by atoms with Gasteiger partial charge in [0.05, 0.1) is 0 Å². The first-order chi connectivity index (χ1) is 15.1. The van der Waals surface area contributed by atoms with E-state index >= 15 is 0 Å². The van der Waals surface area contributed by atoms with E-state index in [4.69, 9.17) is 0 Å². The Kier molecular flexibility index (Phi) is 7.92. The van der Waals surface area contributed by atoms with E-state index in [9.17, 15) is 23.1 Å². The molecule has 0 bridgehead atoms. The van der Waals surface area contributed by atoms with Gasteiger partial charge < -0.3 is 14.9 Å². The molecule has 1 aromatic rings. The first-order valence-electron chi connectivity index (χ1n) is 12.0. The lowest BCUT2D eigenvalue weighted by molar-refractivity contribution is -0.258. The number of hydrogen-bond donors (Lipinski definition) is 1. The zero-order valence-electron chi connectivity index (χ0n) is 19.5. The van der Waals surface area contributed by atoms with Crippen molar-refractivity contribution in [2.75, 3.05) is 13.1 Å². The molecule has 0 aromatic heterocycles. The topological polar surface area (TPSA) is 43.8 Å². The zero-order chi connectivity index (χ0) is 23.5. The van der Waals surface area contributed by atoms with Crippen LogP contribution >= 0.6 is 0 Å². The summed E-state index contributed by atoms with van der Waals surface area (Å²) in [7, 11) is 0. The van der Waals surface area contributed by atoms with E-state index in [2.05, 4.69) is 4.90 Å². The normalized spacial score (nSPS) is 22.3. The molecule has 0 spiro atoms. The van der Waals surface area contributed by atoms with Gasteiger partial charge in [0.25, 0.3) is 5.91 Å². The summed E-state index contributed by atoms with van der Waals surface area (Å²) in [5.41, 5.74) is -2.85. The fourth-order valence-corrected chi connectivity index (χ4v) is 5.15. The average molecular weight is 455 g/mol. The van der Waals surface area contributed by atoms with Crippen LogP contribution in [0.2, 0.25) is 0 Å². The molecule has 1 saturated carbocycles. The third-order valence-corrected chi connectivity index (χ3v) is 7.53. The molecule has 7 heteroatoms. The molecule has 1 aliphatic heterocycles. The van der Waals surface area contributed by atoms with Crippen molar-refractivity contribution in [1.82, 2.24) is 9.80 Å². The number of likely N-dealkylation sites (tertiary alicyclic amines) is 1. The summed E-state index contributed by atoms with van der Waals surface area (Å²) in [6, 6.07) is 6.09. The van der Waals surface area contributed by atoms with Crippen molar-refractivity contribution in [3.63, 3.8) is 0 Å². The van der Waals surface area contributed by atoms with Gasteiger partial charge in [-0.15, -0.1) is 0 Å². The fraction of sp³-hybridized carbons (Fsp3) is 0.720. The Morgan fingerprint density at radius 3 is 2.16 bits per heavy atom. The van der Waals surface area contributed by atoms with Gasteiger partial charge in [-0.25, -0.2) is 0 Å². The van der Waals surface area contributed by atoms with Gasteiger partial charge in [0.2, 0.25) is 0 Å². The van der Waals surface area contributed by atoms with E-state index in [1.165, 1.54) is 56.4 Å². The molecule has 2 unspecified atom stereocenters. The van der Waals surface area contributed by atoms with Crippen molar-refractivity contribution < 1.29 is 23.1 Å². The molecule has 32 heavy (non-hydrogen) atoms. The van der Waals surface area contributed by atoms with E-state index in [1.54, 1.807) is 0 Å². The smallest absolute Gasteiger partial charge is 0.376 e. The van der Waals surface area contributed by atoms with Gasteiger partial charge in [-0.2, -0.15) is 13.2 Å². The summed E-state index contributed by atoms with van der Waals surface area (Å²) in [5.74, 6) is -0.145. The Morgan fingerprint density at radius 1 is 1.09 bits per heavy atom. The Balaban J connectivity index is 1.72. The molecule has 3 rings (SSSR count). The molecular formula is C25H37F3N2O2. The molecule has 4 nitrogen and oxygen atoms in total. The van der Waals surface area contributed by atoms with Gasteiger partial charge in [-0.05, 0) is 63.6 Å². The number of aliphatic hydroxyl groups is 1. The molecular weight excluding hydrogens is 417 g/mol. The maximum absolute atomic E-state index is 13.4. The van der Waals surface area contributed by atoms with Crippen LogP contribution in [0.25, 0.3) is 0 Å². The van der Waals surface area contributed by atoms with Crippen LogP contribution < -0.4 is 0 Å². The molecule has 0 radical (unpaired) electrons. The van der Waals surface area contributed by atoms with Gasteiger partial charge >= 0.3 is 6.18 Å². The Bertz CT molecular complexity index is 749. The minimum absolute atomic E-state index is 0.0479. The third kappa shape index (κ3) is 5.30. The predicted molar refractivity (Wildman–Crippen MR) is 119 cm³/mol. The second kappa shape index (κ2) is 10.1. The standard InChI is InChI=1S/C25H37F3N2O2/c1-4-18(2)30(22-14-16-29(17-15-22)21-8-6-5-7-9-21)23(31)19-10-12-20(13-11-19)24(3,32)25(26,27)28/h10-13,18,21-22,32H,4-9,14-17H2,1-3H3. The van der Waals surface area contributed by atoms with E-state index in [-0.39, 0.29) is 23.6 Å². The van der Waals surface area contributed by atoms with Gasteiger partial charge in [0.1, 0.15) is 0 Å². The van der Waals surface area contributed by atoms with Gasteiger partial charge in [-0.3, -0.25) is 4.79 Å². The molecule has 1 N–H and O–H groups in total. The van der Waals surface area contributed by atoms with Gasteiger partial charge in [0, 0.05) is 36.8 Å². The molecule has 2 atom stereocenters. The van der Waals surface area contributed by atoms with Crippen LogP contribution in [0.1, 0.15) is 88.1 Å². The second-order valence-electron chi connectivity index (χ2n) is 9.68. The van der Waals surface area contributed by atoms with Crippen molar-refractivity contribution in [1.29, 1.82) is 0 Å². The van der Waals surface area contributed by atoms with Crippen molar-refractivity contribution >= 4 is 5.91 Å². The number of hydrogen-bond acceptors (Lipinski definition) is 3. The van der Waals surface area contributed by atoms with E-state index < -0.39 is 11.8 Å². The number of carbonyl (C=O) groups is 1. The van der Waals surface area contributed by atoms with Crippen molar-refractivity contribution in [3.05, 3.63) is 35.4 Å². The number of amides is 1. The zero-order valence-corrected chi connectivity index (χ0v) is 19.5. The van der Waals surface area contributed by atoms with Crippen LogP contribution in [-0.4, -0.2) is 58.2 Å². The highest BCUT2D eigenvalue weighted by Gasteiger charge is 2.51. The summed E-state index contributed by atoms with van der Waals surface area (Å²) in [6.45, 7) is 6.79. The van der Waals surface area contributed by atoms with E-state index in [0.717, 1.165) is 39.3 Å². The predicted octanol–water partition coefficient (Wildman–Crippen LogP) is 5.49. The van der Waals surface area contributed by atoms with E-state index in [1.807, 2.05) is 18.7 Å². The SMILES string of the molecule is CCC(C)N(C(=O)c1ccc(C(C)(O)C(F)(F)F)cc1)C1CCN(C2CCCCC2)CC1. The quantitative estimate of drug-likeness (QED) is 0.618. The van der Waals surface area contributed by atoms with Crippen LogP contribution in [0.15, 0.2) is 24.3 Å². The number of halogens is 3. The summed E-state index contributed by atoms with van der Waals surface area (Å²) >= 11 is 0. The van der Waals surface area contributed by atoms with Gasteiger partial charge in [0.15, 0.2) is 5.60 Å². The minimum atomic E-state index is -4.78. The lowest BCUT2D eigenvalue weighted by Crippen LogP contribution is -2.52. The summed E-state index contributed by atoms with van der Waals surface area (Å²) in [5, 5.41) is 9.90. The molecule has 2 aliphatic rings. The molecule has 180 valence electrons. The molecule has 1 amide bonds.